The van der Waals surface area contributed by atoms with E-state index in [1.165, 1.54) is 0 Å². The predicted molar refractivity (Wildman–Crippen MR) is 72.4 cm³/mol. The first-order chi connectivity index (χ1) is 8.15. The molecular weight excluding hydrogens is 256 g/mol. The van der Waals surface area contributed by atoms with E-state index in [2.05, 4.69) is 0 Å². The van der Waals surface area contributed by atoms with Crippen molar-refractivity contribution in [1.82, 2.24) is 0 Å². The number of methoxy groups -OCH3 is 3. The number of rotatable bonds is 6. The van der Waals surface area contributed by atoms with E-state index in [1.807, 2.05) is 24.3 Å². The second-order valence-corrected chi connectivity index (χ2v) is 5.19. The van der Waals surface area contributed by atoms with Crippen molar-refractivity contribution in [2.24, 2.45) is 0 Å². The molecule has 96 valence electrons. The lowest BCUT2D eigenvalue weighted by Crippen LogP contribution is -2.43. The van der Waals surface area contributed by atoms with E-state index in [-0.39, 0.29) is 5.54 Å². The van der Waals surface area contributed by atoms with Crippen LogP contribution in [0.1, 0.15) is 16.7 Å². The van der Waals surface area contributed by atoms with E-state index in [0.717, 1.165) is 21.4 Å². The summed E-state index contributed by atoms with van der Waals surface area (Å²) in [5, 5.41) is 0. The molecule has 0 radical (unpaired) electrons. The highest BCUT2D eigenvalue weighted by Crippen LogP contribution is 2.32. The van der Waals surface area contributed by atoms with Gasteiger partial charge in [0, 0.05) is 43.0 Å². The van der Waals surface area contributed by atoms with Crippen LogP contribution in [0.2, 0.25) is 0 Å². The van der Waals surface area contributed by atoms with Crippen LogP contribution < -0.4 is 0 Å². The van der Waals surface area contributed by atoms with Gasteiger partial charge >= 0.3 is 0 Å². The maximum absolute atomic E-state index is 5.95. The first-order valence-electron chi connectivity index (χ1n) is 5.44. The van der Waals surface area contributed by atoms with Crippen molar-refractivity contribution in [3.05, 3.63) is 35.4 Å². The smallest absolute Gasteiger partial charge is 0.285 e. The molecule has 0 fully saturated rings. The van der Waals surface area contributed by atoms with Crippen LogP contribution in [-0.2, 0) is 20.1 Å². The van der Waals surface area contributed by atoms with Crippen molar-refractivity contribution in [1.29, 1.82) is 0 Å². The quantitative estimate of drug-likeness (QED) is 0.446. The Hall–Kier alpha value is -0.393. The van der Waals surface area contributed by atoms with Gasteiger partial charge in [-0.15, -0.1) is 11.6 Å². The van der Waals surface area contributed by atoms with Gasteiger partial charge in [-0.05, 0) is 11.1 Å². The molecule has 0 saturated heterocycles. The van der Waals surface area contributed by atoms with Gasteiger partial charge in [-0.2, -0.15) is 0 Å². The lowest BCUT2D eigenvalue weighted by Gasteiger charge is -2.35. The summed E-state index contributed by atoms with van der Waals surface area (Å²) in [4.78, 5) is 0. The first-order valence-corrected chi connectivity index (χ1v) is 7.13. The molecule has 5 heteroatoms. The Labute approximate surface area is 110 Å². The minimum absolute atomic E-state index is 0.0532. The molecule has 0 aromatic heterocycles. The maximum atomic E-state index is 5.95. The Balaban J connectivity index is 3.13. The van der Waals surface area contributed by atoms with E-state index in [9.17, 15) is 0 Å². The second-order valence-electron chi connectivity index (χ2n) is 3.77. The fraction of sp³-hybridized carbons (Fsp3) is 0.500. The topological polar surface area (TPSA) is 27.7 Å². The Morgan fingerprint density at radius 3 is 2.18 bits per heavy atom. The van der Waals surface area contributed by atoms with Crippen LogP contribution >= 0.6 is 11.6 Å². The molecule has 0 N–H and O–H groups in total. The number of benzene rings is 1. The zero-order chi connectivity index (χ0) is 12.9. The summed E-state index contributed by atoms with van der Waals surface area (Å²) in [5.74, 6) is -0.545. The third kappa shape index (κ3) is 2.89. The number of hydrogen-bond acceptors (Lipinski definition) is 3. The van der Waals surface area contributed by atoms with Gasteiger partial charge in [-0.1, -0.05) is 24.3 Å². The molecule has 0 heterocycles. The summed E-state index contributed by atoms with van der Waals surface area (Å²) in [5.41, 5.74) is 2.27. The summed E-state index contributed by atoms with van der Waals surface area (Å²) in [6.45, 7) is 0. The number of ether oxygens (including phenoxy) is 3. The summed E-state index contributed by atoms with van der Waals surface area (Å²) in [6.07, 6.45) is 0. The lowest BCUT2D eigenvalue weighted by atomic mass is 10.0. The zero-order valence-corrected chi connectivity index (χ0v) is 13.5. The van der Waals surface area contributed by atoms with Crippen LogP contribution in [0, 0.1) is 0 Å². The van der Waals surface area contributed by atoms with Gasteiger partial charge in [-0.3, -0.25) is 0 Å². The zero-order valence-electron chi connectivity index (χ0n) is 10.7. The predicted octanol–water partition coefficient (Wildman–Crippen LogP) is 1.42. The van der Waals surface area contributed by atoms with Crippen LogP contribution in [0.25, 0.3) is 0 Å². The average molecular weight is 275 g/mol. The summed E-state index contributed by atoms with van der Waals surface area (Å²) in [6, 6.07) is 8.02. The van der Waals surface area contributed by atoms with Crippen LogP contribution in [0.5, 0.6) is 0 Å². The molecule has 0 bridgehead atoms. The fourth-order valence-electron chi connectivity index (χ4n) is 2.05. The van der Waals surface area contributed by atoms with Crippen molar-refractivity contribution >= 4 is 21.8 Å². The van der Waals surface area contributed by atoms with E-state index in [4.69, 9.17) is 25.8 Å². The molecule has 1 unspecified atom stereocenters. The van der Waals surface area contributed by atoms with Crippen LogP contribution in [-0.4, -0.2) is 37.5 Å². The average Bonchev–Trinajstić information content (AvgIpc) is 2.41. The molecule has 3 nitrogen and oxygen atoms in total. The molecule has 0 saturated carbocycles. The second kappa shape index (κ2) is 6.52. The molecule has 17 heavy (non-hydrogen) atoms. The molecule has 0 spiro atoms. The van der Waals surface area contributed by atoms with Crippen molar-refractivity contribution in [2.75, 3.05) is 21.3 Å². The van der Waals surface area contributed by atoms with Gasteiger partial charge in [0.15, 0.2) is 0 Å². The van der Waals surface area contributed by atoms with Crippen molar-refractivity contribution in [2.45, 2.75) is 17.4 Å². The van der Waals surface area contributed by atoms with Crippen LogP contribution in [0.15, 0.2) is 24.3 Å². The minimum Gasteiger partial charge on any atom is -0.331 e. The third-order valence-corrected chi connectivity index (χ3v) is 4.67. The lowest BCUT2D eigenvalue weighted by molar-refractivity contribution is -0.353. The highest BCUT2D eigenvalue weighted by atomic mass is 35.5. The number of hydrogen-bond donors (Lipinski definition) is 0. The van der Waals surface area contributed by atoms with Crippen LogP contribution in [0.4, 0.5) is 0 Å². The number of halogens is 1. The SMILES string of the molecule is COC(OC)(OC)C([SiH3])c1ccccc1CCl. The third-order valence-electron chi connectivity index (χ3n) is 3.05. The largest absolute Gasteiger partial charge is 0.331 e. The molecule has 0 aliphatic heterocycles. The Morgan fingerprint density at radius 1 is 1.18 bits per heavy atom. The van der Waals surface area contributed by atoms with Crippen molar-refractivity contribution in [3.8, 4) is 0 Å². The molecule has 1 rings (SSSR count). The molecule has 0 amide bonds. The van der Waals surface area contributed by atoms with Crippen molar-refractivity contribution in [3.63, 3.8) is 0 Å². The highest BCUT2D eigenvalue weighted by Gasteiger charge is 2.38. The van der Waals surface area contributed by atoms with Gasteiger partial charge in [0.2, 0.25) is 0 Å². The van der Waals surface area contributed by atoms with E-state index in [0.29, 0.717) is 5.88 Å². The minimum atomic E-state index is -1.02. The van der Waals surface area contributed by atoms with Gasteiger partial charge < -0.3 is 14.2 Å². The monoisotopic (exact) mass is 274 g/mol. The van der Waals surface area contributed by atoms with Gasteiger partial charge in [0.05, 0.1) is 0 Å². The molecule has 0 aliphatic carbocycles. The molecular formula is C12H19ClO3Si. The van der Waals surface area contributed by atoms with Gasteiger partial charge in [-0.25, -0.2) is 0 Å². The highest BCUT2D eigenvalue weighted by molar-refractivity contribution is 6.17. The standard InChI is InChI=1S/C12H19ClO3Si/c1-14-12(15-2,16-3)11(17)10-7-5-4-6-9(10)8-13/h4-7,11H,8H2,1-3,17H3. The Bertz CT molecular complexity index is 347. The summed E-state index contributed by atoms with van der Waals surface area (Å²) < 4.78 is 16.2. The first kappa shape index (κ1) is 14.7. The van der Waals surface area contributed by atoms with E-state index >= 15 is 0 Å². The van der Waals surface area contributed by atoms with E-state index in [1.54, 1.807) is 21.3 Å². The van der Waals surface area contributed by atoms with E-state index < -0.39 is 5.97 Å². The molecule has 1 aromatic rings. The van der Waals surface area contributed by atoms with Gasteiger partial charge in [0.1, 0.15) is 0 Å². The summed E-state index contributed by atoms with van der Waals surface area (Å²) in [7, 11) is 5.59. The molecule has 0 aliphatic rings. The Kier molecular flexibility index (Phi) is 5.62. The normalized spacial score (nSPS) is 13.9. The van der Waals surface area contributed by atoms with Crippen LogP contribution in [0.3, 0.4) is 0 Å². The molecule has 1 aromatic carbocycles. The fourth-order valence-corrected chi connectivity index (χ4v) is 3.56. The number of alkyl halides is 1. The van der Waals surface area contributed by atoms with Gasteiger partial charge in [0.25, 0.3) is 5.97 Å². The maximum Gasteiger partial charge on any atom is 0.285 e. The molecule has 1 atom stereocenters. The Morgan fingerprint density at radius 2 is 1.71 bits per heavy atom. The van der Waals surface area contributed by atoms with Crippen molar-refractivity contribution < 1.29 is 14.2 Å². The summed E-state index contributed by atoms with van der Waals surface area (Å²) >= 11 is 5.95.